The minimum Gasteiger partial charge on any atom is -0.394 e. The van der Waals surface area contributed by atoms with E-state index in [4.69, 9.17) is 9.57 Å². The van der Waals surface area contributed by atoms with Crippen LogP contribution in [0.15, 0.2) is 0 Å². The van der Waals surface area contributed by atoms with Gasteiger partial charge in [0.15, 0.2) is 0 Å². The van der Waals surface area contributed by atoms with Crippen molar-refractivity contribution in [3.8, 4) is 0 Å². The van der Waals surface area contributed by atoms with Gasteiger partial charge in [0.1, 0.15) is 12.1 Å². The molecule has 11 nitrogen and oxygen atoms in total. The van der Waals surface area contributed by atoms with Crippen molar-refractivity contribution in [1.82, 2.24) is 25.5 Å². The summed E-state index contributed by atoms with van der Waals surface area (Å²) in [5.41, 5.74) is 0.317. The van der Waals surface area contributed by atoms with E-state index in [-0.39, 0.29) is 48.3 Å². The van der Waals surface area contributed by atoms with E-state index < -0.39 is 24.2 Å². The summed E-state index contributed by atoms with van der Waals surface area (Å²) in [6.45, 7) is 10.3. The number of hydrogen-bond donors (Lipinski definition) is 4. The summed E-state index contributed by atoms with van der Waals surface area (Å²) in [6, 6.07) is -0.280. The number of aliphatic hydroxyl groups excluding tert-OH is 2. The van der Waals surface area contributed by atoms with Crippen LogP contribution in [-0.4, -0.2) is 135 Å². The number of likely N-dealkylation sites (N-methyl/N-ethyl adjacent to an activating group) is 1. The molecule has 7 unspecified atom stereocenters. The van der Waals surface area contributed by atoms with Crippen LogP contribution in [0.4, 0.5) is 0 Å². The Labute approximate surface area is 296 Å². The summed E-state index contributed by atoms with van der Waals surface area (Å²) < 4.78 is 6.86. The number of carbonyl (C=O) groups excluding carboxylic acids is 2. The van der Waals surface area contributed by atoms with Crippen LogP contribution in [0.2, 0.25) is 0 Å². The lowest BCUT2D eigenvalue weighted by Crippen LogP contribution is -2.62. The van der Waals surface area contributed by atoms with Gasteiger partial charge in [-0.1, -0.05) is 27.2 Å². The normalized spacial score (nSPS) is 41.4. The molecule has 0 radical (unpaired) electrons. The van der Waals surface area contributed by atoms with Crippen LogP contribution >= 0.6 is 0 Å². The van der Waals surface area contributed by atoms with Gasteiger partial charge in [0.2, 0.25) is 11.8 Å². The number of amides is 2. The fourth-order valence-electron chi connectivity index (χ4n) is 10.9. The number of hydroxylamine groups is 2. The van der Waals surface area contributed by atoms with Gasteiger partial charge in [-0.25, -0.2) is 0 Å². The van der Waals surface area contributed by atoms with Gasteiger partial charge >= 0.3 is 0 Å². The molecule has 11 heteroatoms. The number of aliphatic hydroxyl groups is 2. The molecule has 2 bridgehead atoms. The van der Waals surface area contributed by atoms with E-state index in [1.807, 2.05) is 0 Å². The minimum atomic E-state index is -0.827. The molecule has 282 valence electrons. The zero-order valence-corrected chi connectivity index (χ0v) is 31.9. The Kier molecular flexibility index (Phi) is 12.8. The van der Waals surface area contributed by atoms with Crippen molar-refractivity contribution < 1.29 is 29.4 Å². The van der Waals surface area contributed by atoms with Gasteiger partial charge in [0, 0.05) is 50.0 Å². The first-order valence-corrected chi connectivity index (χ1v) is 19.3. The third-order valence-electron chi connectivity index (χ3n) is 14.0. The smallest absolute Gasteiger partial charge is 0.240 e. The Bertz CT molecular complexity index is 1120. The van der Waals surface area contributed by atoms with Crippen molar-refractivity contribution in [3.05, 3.63) is 0 Å². The number of ether oxygens (including phenoxy) is 1. The van der Waals surface area contributed by atoms with Crippen LogP contribution in [0.25, 0.3) is 0 Å². The second-order valence-corrected chi connectivity index (χ2v) is 17.6. The van der Waals surface area contributed by atoms with Crippen molar-refractivity contribution in [1.29, 1.82) is 0 Å². The van der Waals surface area contributed by atoms with E-state index in [1.165, 1.54) is 6.42 Å². The predicted octanol–water partition coefficient (Wildman–Crippen LogP) is 2.60. The minimum absolute atomic E-state index is 0.0233. The first kappa shape index (κ1) is 38.9. The standard InChI is InChI=1S/C38H69N5O6/c1-22-30-18-27(38(30,3)4)19-31(22)40-37(47)34-33(23(2)45)32(21-44)49-43(34)20-24-11-10-12-29(35(24)48-14-13-41(6)7)25-15-26(36(46)39-5)17-28(16-25)42(8)9/h22-35,44-45H,10-21H2,1-9H3,(H,39,46)(H,40,47)/t22-,23-,24?,25?,26?,27+,28?,29?,30-,31?,32-,33+,34-,35?/m0/s1. The van der Waals surface area contributed by atoms with Crippen LogP contribution in [-0.2, 0) is 19.2 Å². The second-order valence-electron chi connectivity index (χ2n) is 17.6. The number of nitrogens with one attached hydrogen (secondary N) is 2. The average molecular weight is 692 g/mol. The Hall–Kier alpha value is -1.34. The molecule has 5 saturated carbocycles. The fourth-order valence-corrected chi connectivity index (χ4v) is 10.9. The molecule has 0 spiro atoms. The zero-order chi connectivity index (χ0) is 35.8. The second kappa shape index (κ2) is 16.1. The predicted molar refractivity (Wildman–Crippen MR) is 190 cm³/mol. The van der Waals surface area contributed by atoms with E-state index >= 15 is 0 Å². The monoisotopic (exact) mass is 692 g/mol. The molecule has 14 atom stereocenters. The number of nitrogens with zero attached hydrogens (tertiary/aromatic N) is 3. The van der Waals surface area contributed by atoms with Crippen LogP contribution in [0.1, 0.15) is 79.1 Å². The largest absolute Gasteiger partial charge is 0.394 e. The van der Waals surface area contributed by atoms with Gasteiger partial charge in [0.25, 0.3) is 0 Å². The molecule has 2 amide bonds. The average Bonchev–Trinajstić information content (AvgIpc) is 3.43. The molecule has 6 aliphatic rings. The molecule has 4 N–H and O–H groups in total. The summed E-state index contributed by atoms with van der Waals surface area (Å²) in [5, 5.41) is 29.5. The molecular weight excluding hydrogens is 622 g/mol. The number of carbonyl (C=O) groups is 2. The van der Waals surface area contributed by atoms with E-state index in [1.54, 1.807) is 19.0 Å². The van der Waals surface area contributed by atoms with Gasteiger partial charge in [-0.05, 0) is 115 Å². The summed E-state index contributed by atoms with van der Waals surface area (Å²) in [7, 11) is 10.1. The maximum atomic E-state index is 14.3. The molecule has 49 heavy (non-hydrogen) atoms. The molecule has 6 fully saturated rings. The van der Waals surface area contributed by atoms with E-state index in [9.17, 15) is 19.8 Å². The van der Waals surface area contributed by atoms with Gasteiger partial charge in [0.05, 0.1) is 25.4 Å². The van der Waals surface area contributed by atoms with Crippen molar-refractivity contribution >= 4 is 11.8 Å². The zero-order valence-electron chi connectivity index (χ0n) is 31.9. The molecule has 1 saturated heterocycles. The maximum Gasteiger partial charge on any atom is 0.240 e. The van der Waals surface area contributed by atoms with Crippen molar-refractivity contribution in [2.24, 2.45) is 52.8 Å². The Morgan fingerprint density at radius 2 is 1.80 bits per heavy atom. The van der Waals surface area contributed by atoms with Gasteiger partial charge in [-0.3, -0.25) is 14.4 Å². The SMILES string of the molecule is CNC(=O)C1CC(C2CCCC(CN3O[C@@H](CO)[C@@H]([C@H](C)O)[C@H]3C(=O)NC3C[C@H]4C[C@@H]([C@@H]3C)C4(C)C)C2OCCN(C)C)CC(N(C)C)C1. The number of fused-ring (bicyclic) bond motifs is 2. The van der Waals surface area contributed by atoms with Gasteiger partial charge < -0.3 is 35.4 Å². The Morgan fingerprint density at radius 3 is 2.39 bits per heavy atom. The van der Waals surface area contributed by atoms with Crippen LogP contribution in [0.5, 0.6) is 0 Å². The number of rotatable bonds is 13. The summed E-state index contributed by atoms with van der Waals surface area (Å²) in [6.07, 6.45) is 6.47. The lowest BCUT2D eigenvalue weighted by atomic mass is 9.45. The molecule has 6 rings (SSSR count). The molecule has 0 aromatic heterocycles. The van der Waals surface area contributed by atoms with Crippen molar-refractivity contribution in [3.63, 3.8) is 0 Å². The first-order valence-electron chi connectivity index (χ1n) is 19.3. The summed E-state index contributed by atoms with van der Waals surface area (Å²) in [5.74, 6) is 1.76. The van der Waals surface area contributed by atoms with E-state index in [0.29, 0.717) is 48.3 Å². The topological polar surface area (TPSA) is 127 Å². The molecular formula is C38H69N5O6. The van der Waals surface area contributed by atoms with Gasteiger partial charge in [-0.2, -0.15) is 5.06 Å². The summed E-state index contributed by atoms with van der Waals surface area (Å²) >= 11 is 0. The fraction of sp³-hybridized carbons (Fsp3) is 0.947. The van der Waals surface area contributed by atoms with Crippen molar-refractivity contribution in [2.75, 3.05) is 61.5 Å². The number of hydrogen-bond acceptors (Lipinski definition) is 9. The first-order chi connectivity index (χ1) is 23.2. The highest BCUT2D eigenvalue weighted by atomic mass is 16.7. The highest BCUT2D eigenvalue weighted by Crippen LogP contribution is 2.61. The van der Waals surface area contributed by atoms with Gasteiger partial charge in [-0.15, -0.1) is 0 Å². The van der Waals surface area contributed by atoms with E-state index in [2.05, 4.69) is 69.4 Å². The van der Waals surface area contributed by atoms with E-state index in [0.717, 1.165) is 51.5 Å². The van der Waals surface area contributed by atoms with Crippen LogP contribution in [0, 0.1) is 52.8 Å². The molecule has 5 aliphatic carbocycles. The molecule has 1 heterocycles. The third-order valence-corrected chi connectivity index (χ3v) is 14.0. The maximum absolute atomic E-state index is 14.3. The quantitative estimate of drug-likeness (QED) is 0.231. The summed E-state index contributed by atoms with van der Waals surface area (Å²) in [4.78, 5) is 38.1. The van der Waals surface area contributed by atoms with Crippen molar-refractivity contribution in [2.45, 2.75) is 115 Å². The molecule has 0 aromatic rings. The highest BCUT2D eigenvalue weighted by Gasteiger charge is 2.58. The van der Waals surface area contributed by atoms with Crippen LogP contribution < -0.4 is 10.6 Å². The van der Waals surface area contributed by atoms with Crippen LogP contribution in [0.3, 0.4) is 0 Å². The lowest BCUT2D eigenvalue weighted by Gasteiger charge is -2.62. The Balaban J connectivity index is 1.38. The molecule has 0 aromatic carbocycles. The third kappa shape index (κ3) is 8.18. The molecule has 1 aliphatic heterocycles. The Morgan fingerprint density at radius 1 is 1.06 bits per heavy atom. The highest BCUT2D eigenvalue weighted by molar-refractivity contribution is 5.83. The lowest BCUT2D eigenvalue weighted by molar-refractivity contribution is -0.195.